The highest BCUT2D eigenvalue weighted by Crippen LogP contribution is 2.42. The number of aliphatic hydroxyl groups excluding tert-OH is 2. The zero-order valence-electron chi connectivity index (χ0n) is 15.7. The topological polar surface area (TPSA) is 127 Å². The lowest BCUT2D eigenvalue weighted by Crippen LogP contribution is -2.45. The van der Waals surface area contributed by atoms with Crippen LogP contribution in [0.1, 0.15) is 29.8 Å². The lowest BCUT2D eigenvalue weighted by molar-refractivity contribution is -0.136. The fourth-order valence-electron chi connectivity index (χ4n) is 4.28. The third-order valence-electron chi connectivity index (χ3n) is 6.11. The molecule has 1 aliphatic heterocycles. The van der Waals surface area contributed by atoms with E-state index in [1.807, 2.05) is 12.1 Å². The van der Waals surface area contributed by atoms with Crippen molar-refractivity contribution in [1.29, 1.82) is 0 Å². The van der Waals surface area contributed by atoms with Crippen molar-refractivity contribution < 1.29 is 24.4 Å². The molecule has 0 amide bonds. The van der Waals surface area contributed by atoms with E-state index < -0.39 is 36.0 Å². The number of nitrogens with two attached hydrogens (primary N) is 1. The highest BCUT2D eigenvalue weighted by atomic mass is 19.1. The molecule has 0 saturated carbocycles. The number of aromatic nitrogens is 3. The normalized spacial score (nSPS) is 28.2. The number of benzene rings is 1. The van der Waals surface area contributed by atoms with Crippen LogP contribution in [0.4, 0.5) is 10.2 Å². The summed E-state index contributed by atoms with van der Waals surface area (Å²) in [6.07, 6.45) is -0.883. The van der Waals surface area contributed by atoms with Gasteiger partial charge in [-0.1, -0.05) is 18.2 Å². The fourth-order valence-corrected chi connectivity index (χ4v) is 4.28. The van der Waals surface area contributed by atoms with E-state index in [4.69, 9.17) is 10.5 Å². The van der Waals surface area contributed by atoms with Crippen molar-refractivity contribution in [2.24, 2.45) is 0 Å². The zero-order valence-corrected chi connectivity index (χ0v) is 15.7. The molecule has 3 heterocycles. The van der Waals surface area contributed by atoms with E-state index in [-0.39, 0.29) is 16.9 Å². The summed E-state index contributed by atoms with van der Waals surface area (Å²) >= 11 is 0. The van der Waals surface area contributed by atoms with Gasteiger partial charge in [-0.3, -0.25) is 0 Å². The van der Waals surface area contributed by atoms with Gasteiger partial charge in [0.2, 0.25) is 0 Å². The Morgan fingerprint density at radius 2 is 1.97 bits per heavy atom. The Morgan fingerprint density at radius 3 is 2.66 bits per heavy atom. The molecule has 0 unspecified atom stereocenters. The number of anilines is 1. The second-order valence-corrected chi connectivity index (χ2v) is 7.90. The third kappa shape index (κ3) is 2.58. The van der Waals surface area contributed by atoms with E-state index in [1.54, 1.807) is 6.07 Å². The molecule has 1 saturated heterocycles. The highest BCUT2D eigenvalue weighted by molar-refractivity contribution is 5.86. The van der Waals surface area contributed by atoms with Gasteiger partial charge < -0.3 is 30.4 Å². The van der Waals surface area contributed by atoms with E-state index >= 15 is 0 Å². The lowest BCUT2D eigenvalue weighted by Gasteiger charge is -2.33. The third-order valence-corrected chi connectivity index (χ3v) is 6.11. The van der Waals surface area contributed by atoms with Crippen LogP contribution in [0.15, 0.2) is 30.7 Å². The van der Waals surface area contributed by atoms with Gasteiger partial charge in [-0.05, 0) is 36.5 Å². The molecule has 0 bridgehead atoms. The van der Waals surface area contributed by atoms with Crippen molar-refractivity contribution in [3.8, 4) is 0 Å². The summed E-state index contributed by atoms with van der Waals surface area (Å²) in [6, 6.07) is 5.64. The first kappa shape index (κ1) is 18.4. The van der Waals surface area contributed by atoms with Crippen LogP contribution in [0, 0.1) is 5.82 Å². The van der Waals surface area contributed by atoms with Crippen molar-refractivity contribution in [2.45, 2.75) is 49.9 Å². The Morgan fingerprint density at radius 1 is 1.21 bits per heavy atom. The van der Waals surface area contributed by atoms with Gasteiger partial charge in [-0.15, -0.1) is 0 Å². The van der Waals surface area contributed by atoms with Gasteiger partial charge in [0.15, 0.2) is 17.7 Å². The maximum atomic E-state index is 14.4. The smallest absolute Gasteiger partial charge is 0.164 e. The van der Waals surface area contributed by atoms with Crippen LogP contribution >= 0.6 is 0 Å². The first-order valence-electron chi connectivity index (χ1n) is 9.42. The van der Waals surface area contributed by atoms with E-state index in [1.165, 1.54) is 23.4 Å². The monoisotopic (exact) mass is 400 g/mol. The van der Waals surface area contributed by atoms with Gasteiger partial charge in [0.25, 0.3) is 0 Å². The molecule has 2 aromatic heterocycles. The van der Waals surface area contributed by atoms with Gasteiger partial charge in [0, 0.05) is 6.20 Å². The average Bonchev–Trinajstić information content (AvgIpc) is 3.14. The minimum absolute atomic E-state index is 0.00960. The number of ether oxygens (including phenoxy) is 1. The summed E-state index contributed by atoms with van der Waals surface area (Å²) in [4.78, 5) is 7.82. The molecule has 1 fully saturated rings. The van der Waals surface area contributed by atoms with Crippen molar-refractivity contribution in [3.63, 3.8) is 0 Å². The predicted octanol–water partition coefficient (Wildman–Crippen LogP) is 0.778. The first-order valence-corrected chi connectivity index (χ1v) is 9.42. The zero-order chi connectivity index (χ0) is 20.5. The van der Waals surface area contributed by atoms with E-state index in [2.05, 4.69) is 9.97 Å². The quantitative estimate of drug-likeness (QED) is 0.512. The SMILES string of the molecule is C[C@@](O)(c1ccc2c(c1)CC2)[C@H]1O[C@@H](n2cc(F)c3c(N)ncnc32)[C@H](O)[C@@H]1O. The number of nitrogens with zero attached hydrogens (tertiary/aromatic N) is 3. The Hall–Kier alpha value is -2.59. The second kappa shape index (κ2) is 6.20. The molecular formula is C20H21FN4O4. The van der Waals surface area contributed by atoms with Crippen LogP contribution in [0.5, 0.6) is 0 Å². The second-order valence-electron chi connectivity index (χ2n) is 7.90. The van der Waals surface area contributed by atoms with Crippen LogP contribution in [-0.4, -0.2) is 48.2 Å². The number of nitrogen functional groups attached to an aromatic ring is 1. The van der Waals surface area contributed by atoms with Crippen LogP contribution in [0.3, 0.4) is 0 Å². The molecule has 0 spiro atoms. The summed E-state index contributed by atoms with van der Waals surface area (Å²) in [5.74, 6) is -0.703. The first-order chi connectivity index (χ1) is 13.8. The molecule has 3 aromatic rings. The van der Waals surface area contributed by atoms with Gasteiger partial charge >= 0.3 is 0 Å². The van der Waals surface area contributed by atoms with Crippen LogP contribution < -0.4 is 5.73 Å². The maximum absolute atomic E-state index is 14.4. The average molecular weight is 400 g/mol. The summed E-state index contributed by atoms with van der Waals surface area (Å²) in [6.45, 7) is 1.53. The Kier molecular flexibility index (Phi) is 3.94. The molecule has 5 N–H and O–H groups in total. The van der Waals surface area contributed by atoms with Crippen molar-refractivity contribution in [1.82, 2.24) is 14.5 Å². The number of fused-ring (bicyclic) bond motifs is 2. The van der Waals surface area contributed by atoms with Gasteiger partial charge in [-0.2, -0.15) is 0 Å². The molecule has 1 aromatic carbocycles. The molecule has 5 atom stereocenters. The summed E-state index contributed by atoms with van der Waals surface area (Å²) < 4.78 is 21.6. The summed E-state index contributed by atoms with van der Waals surface area (Å²) in [7, 11) is 0. The van der Waals surface area contributed by atoms with E-state index in [0.717, 1.165) is 24.6 Å². The Balaban J connectivity index is 1.52. The Labute approximate surface area is 165 Å². The molecule has 1 aliphatic carbocycles. The maximum Gasteiger partial charge on any atom is 0.164 e. The molecule has 5 rings (SSSR count). The van der Waals surface area contributed by atoms with Crippen molar-refractivity contribution in [3.05, 3.63) is 53.2 Å². The fraction of sp³-hybridized carbons (Fsp3) is 0.400. The molecular weight excluding hydrogens is 379 g/mol. The van der Waals surface area contributed by atoms with E-state index in [0.29, 0.717) is 5.56 Å². The minimum Gasteiger partial charge on any atom is -0.387 e. The number of halogens is 1. The van der Waals surface area contributed by atoms with Crippen LogP contribution in [-0.2, 0) is 23.2 Å². The molecule has 2 aliphatic rings. The molecule has 9 heteroatoms. The standard InChI is InChI=1S/C20H21FN4O4/c1-20(28,11-5-4-9-2-3-10(9)6-11)16-14(26)15(27)19(29-16)25-7-12(21)13-17(22)23-8-24-18(13)25/h4-8,14-16,19,26-28H,2-3H2,1H3,(H2,22,23,24)/t14-,15+,16-,19+,20+/m0/s1. The molecule has 152 valence electrons. The summed E-state index contributed by atoms with van der Waals surface area (Å²) in [5.41, 5.74) is 7.27. The van der Waals surface area contributed by atoms with E-state index in [9.17, 15) is 19.7 Å². The van der Waals surface area contributed by atoms with Crippen LogP contribution in [0.25, 0.3) is 11.0 Å². The minimum atomic E-state index is -1.57. The number of aryl methyl sites for hydroxylation is 2. The number of hydrogen-bond acceptors (Lipinski definition) is 7. The largest absolute Gasteiger partial charge is 0.387 e. The number of hydrogen-bond donors (Lipinski definition) is 4. The lowest BCUT2D eigenvalue weighted by atomic mass is 9.81. The number of rotatable bonds is 3. The molecule has 8 nitrogen and oxygen atoms in total. The molecule has 29 heavy (non-hydrogen) atoms. The Bertz CT molecular complexity index is 1120. The van der Waals surface area contributed by atoms with Gasteiger partial charge in [0.1, 0.15) is 36.1 Å². The van der Waals surface area contributed by atoms with Gasteiger partial charge in [-0.25, -0.2) is 14.4 Å². The van der Waals surface area contributed by atoms with Crippen molar-refractivity contribution >= 4 is 16.9 Å². The van der Waals surface area contributed by atoms with Crippen LogP contribution in [0.2, 0.25) is 0 Å². The predicted molar refractivity (Wildman–Crippen MR) is 101 cm³/mol. The molecule has 0 radical (unpaired) electrons. The van der Waals surface area contributed by atoms with Gasteiger partial charge in [0.05, 0.1) is 5.39 Å². The van der Waals surface area contributed by atoms with Crippen molar-refractivity contribution in [2.75, 3.05) is 5.73 Å². The number of aliphatic hydroxyl groups is 3. The summed E-state index contributed by atoms with van der Waals surface area (Å²) in [5, 5.41) is 32.5. The highest BCUT2D eigenvalue weighted by Gasteiger charge is 2.52.